The quantitative estimate of drug-likeness (QED) is 0.459. The van der Waals surface area contributed by atoms with Crippen LogP contribution in [0.15, 0.2) is 18.2 Å². The molecule has 0 aliphatic carbocycles. The Labute approximate surface area is 73.7 Å². The second-order valence-electron chi connectivity index (χ2n) is 2.67. The third kappa shape index (κ3) is 2.13. The number of benzene rings is 1. The molecule has 0 aliphatic rings. The maximum absolute atomic E-state index is 2.25. The fraction of sp³-hybridized carbons (Fsp3) is 0.250. The van der Waals surface area contributed by atoms with E-state index >= 15 is 0 Å². The van der Waals surface area contributed by atoms with E-state index in [1.54, 1.807) is 0 Å². The zero-order valence-corrected chi connectivity index (χ0v) is 8.23. The fourth-order valence-corrected chi connectivity index (χ4v) is 2.11. The Morgan fingerprint density at radius 3 is 1.78 bits per heavy atom. The van der Waals surface area contributed by atoms with Crippen LogP contribution >= 0.6 is 0 Å². The van der Waals surface area contributed by atoms with Gasteiger partial charge < -0.3 is 0 Å². The average Bonchev–Trinajstić information content (AvgIpc) is 1.59. The van der Waals surface area contributed by atoms with Crippen molar-refractivity contribution in [1.82, 2.24) is 0 Å². The second kappa shape index (κ2) is 2.87. The van der Waals surface area contributed by atoms with E-state index in [1.807, 2.05) is 0 Å². The van der Waals surface area contributed by atoms with Crippen molar-refractivity contribution in [2.75, 3.05) is 0 Å². The van der Waals surface area contributed by atoms with Gasteiger partial charge in [0.2, 0.25) is 0 Å². The minimum atomic E-state index is 1.17. The van der Waals surface area contributed by atoms with Gasteiger partial charge in [0, 0.05) is 0 Å². The zero-order valence-electron chi connectivity index (χ0n) is 6.23. The second-order valence-corrected chi connectivity index (χ2v) is 3.82. The molecule has 0 aromatic heterocycles. The monoisotopic (exact) mass is 128 g/mol. The normalized spacial score (nSPS) is 9.78. The van der Waals surface area contributed by atoms with E-state index in [0.29, 0.717) is 0 Å². The van der Waals surface area contributed by atoms with Crippen molar-refractivity contribution in [3.63, 3.8) is 0 Å². The van der Waals surface area contributed by atoms with E-state index in [-0.39, 0.29) is 0 Å². The molecule has 0 heterocycles. The molecule has 0 saturated heterocycles. The van der Waals surface area contributed by atoms with Crippen LogP contribution in [-0.2, 0) is 0 Å². The van der Waals surface area contributed by atoms with Gasteiger partial charge in [-0.05, 0) is 0 Å². The molecule has 0 fully saturated rings. The molecule has 1 rings (SSSR count). The van der Waals surface area contributed by atoms with Crippen LogP contribution in [-0.4, -0.2) is 27.9 Å². The summed E-state index contributed by atoms with van der Waals surface area (Å²) in [6.07, 6.45) is 0. The predicted octanol–water partition coefficient (Wildman–Crippen LogP) is 1.10. The summed E-state index contributed by atoms with van der Waals surface area (Å²) >= 11 is 1.17. The van der Waals surface area contributed by atoms with Crippen molar-refractivity contribution in [2.24, 2.45) is 0 Å². The van der Waals surface area contributed by atoms with Crippen LogP contribution in [0.3, 0.4) is 0 Å². The van der Waals surface area contributed by atoms with Gasteiger partial charge in [-0.2, -0.15) is 0 Å². The molecule has 0 nitrogen and oxygen atoms in total. The first-order valence-electron chi connectivity index (χ1n) is 3.23. The van der Waals surface area contributed by atoms with Crippen molar-refractivity contribution in [1.29, 1.82) is 0 Å². The molecule has 9 heavy (non-hydrogen) atoms. The number of rotatable bonds is 0. The standard InChI is InChI=1S/C8H9.Na/c1-7-4-3-5-8(2)6-7;/h4-6H,1-2H3;. The van der Waals surface area contributed by atoms with Crippen LogP contribution in [0.4, 0.5) is 0 Å². The molecule has 1 aromatic carbocycles. The molecule has 1 aromatic rings. The van der Waals surface area contributed by atoms with Crippen LogP contribution < -0.4 is 2.81 Å². The van der Waals surface area contributed by atoms with Gasteiger partial charge in [0.15, 0.2) is 0 Å². The average molecular weight is 128 g/mol. The Balaban J connectivity index is 3.17. The third-order valence-corrected chi connectivity index (χ3v) is 1.94. The summed E-state index contributed by atoms with van der Waals surface area (Å²) in [5, 5.41) is 0. The van der Waals surface area contributed by atoms with Crippen molar-refractivity contribution >= 4 is 30.7 Å². The summed E-state index contributed by atoms with van der Waals surface area (Å²) in [7, 11) is 0. The molecular weight excluding hydrogens is 119 g/mol. The van der Waals surface area contributed by atoms with Crippen molar-refractivity contribution in [3.8, 4) is 0 Å². The van der Waals surface area contributed by atoms with E-state index in [9.17, 15) is 0 Å². The molecule has 0 atom stereocenters. The fourth-order valence-electron chi connectivity index (χ4n) is 1.20. The van der Waals surface area contributed by atoms with Crippen LogP contribution in [0.25, 0.3) is 0 Å². The zero-order chi connectivity index (χ0) is 6.85. The van der Waals surface area contributed by atoms with Gasteiger partial charge >= 0.3 is 73.9 Å². The van der Waals surface area contributed by atoms with Gasteiger partial charge in [-0.3, -0.25) is 0 Å². The molecule has 0 amide bonds. The maximum atomic E-state index is 2.25. The van der Waals surface area contributed by atoms with Crippen molar-refractivity contribution in [3.05, 3.63) is 29.3 Å². The van der Waals surface area contributed by atoms with Gasteiger partial charge in [-0.25, -0.2) is 0 Å². The predicted molar refractivity (Wildman–Crippen MR) is 41.3 cm³/mol. The first-order chi connectivity index (χ1) is 4.18. The SMILES string of the molecule is Cc1cc(C)c[c]([Na])c1. The number of hydrogen-bond acceptors (Lipinski definition) is 0. The van der Waals surface area contributed by atoms with Crippen molar-refractivity contribution in [2.45, 2.75) is 13.8 Å². The van der Waals surface area contributed by atoms with Gasteiger partial charge in [-0.15, -0.1) is 0 Å². The Bertz CT molecular complexity index is 165. The summed E-state index contributed by atoms with van der Waals surface area (Å²) in [6.45, 7) is 4.29. The van der Waals surface area contributed by atoms with E-state index < -0.39 is 0 Å². The molecule has 0 N–H and O–H groups in total. The molecule has 0 aliphatic heterocycles. The van der Waals surface area contributed by atoms with Gasteiger partial charge in [-0.1, -0.05) is 0 Å². The summed E-state index contributed by atoms with van der Waals surface area (Å²) in [5.74, 6) is 0. The van der Waals surface area contributed by atoms with E-state index in [4.69, 9.17) is 0 Å². The van der Waals surface area contributed by atoms with Crippen LogP contribution in [0.5, 0.6) is 0 Å². The molecule has 0 saturated carbocycles. The van der Waals surface area contributed by atoms with Gasteiger partial charge in [0.1, 0.15) is 0 Å². The Hall–Kier alpha value is 0.220. The molecule has 0 bridgehead atoms. The summed E-state index contributed by atoms with van der Waals surface area (Å²) in [6, 6.07) is 6.71. The topological polar surface area (TPSA) is 0 Å². The molecule has 0 unspecified atom stereocenters. The minimum absolute atomic E-state index is 1.17. The molecule has 0 radical (unpaired) electrons. The summed E-state index contributed by atoms with van der Waals surface area (Å²) in [4.78, 5) is 0. The van der Waals surface area contributed by atoms with E-state index in [0.717, 1.165) is 0 Å². The Morgan fingerprint density at radius 1 is 1.00 bits per heavy atom. The van der Waals surface area contributed by atoms with E-state index in [1.165, 1.54) is 41.9 Å². The van der Waals surface area contributed by atoms with Crippen LogP contribution in [0.1, 0.15) is 11.1 Å². The van der Waals surface area contributed by atoms with Crippen LogP contribution in [0.2, 0.25) is 0 Å². The van der Waals surface area contributed by atoms with Crippen molar-refractivity contribution < 1.29 is 0 Å². The van der Waals surface area contributed by atoms with Crippen LogP contribution in [0, 0.1) is 13.8 Å². The Kier molecular flexibility index (Phi) is 2.34. The number of aryl methyl sites for hydroxylation is 2. The van der Waals surface area contributed by atoms with E-state index in [2.05, 4.69) is 32.0 Å². The third-order valence-electron chi connectivity index (χ3n) is 1.37. The Morgan fingerprint density at radius 2 is 1.44 bits per heavy atom. The summed E-state index contributed by atoms with van der Waals surface area (Å²) < 4.78 is 1.49. The van der Waals surface area contributed by atoms with Gasteiger partial charge in [0.05, 0.1) is 0 Å². The molecule has 1 heteroatoms. The molecule has 0 spiro atoms. The first-order valence-corrected chi connectivity index (χ1v) is 4.23. The molecule has 42 valence electrons. The first kappa shape index (κ1) is 7.33. The number of hydrogen-bond donors (Lipinski definition) is 0. The van der Waals surface area contributed by atoms with Gasteiger partial charge in [0.25, 0.3) is 0 Å². The summed E-state index contributed by atoms with van der Waals surface area (Å²) in [5.41, 5.74) is 2.78. The molecular formula is C8H9Na.